The molecule has 0 saturated carbocycles. The van der Waals surface area contributed by atoms with Gasteiger partial charge in [0.2, 0.25) is 5.69 Å². The predicted octanol–water partition coefficient (Wildman–Crippen LogP) is 6.82. The number of unbranched alkanes of at least 4 members (excludes halogenated alkanes) is 2. The summed E-state index contributed by atoms with van der Waals surface area (Å²) in [7, 11) is -19.0. The Balaban J connectivity index is 1.26. The molecule has 4 amide bonds. The normalized spacial score (nSPS) is 14.7. The molecule has 0 spiro atoms. The first-order valence-corrected chi connectivity index (χ1v) is 39.9. The number of nitrogens with zero attached hydrogens (tertiary/aromatic N) is 4. The number of carbonyl (C=O) groups excluding carboxylic acids is 4. The summed E-state index contributed by atoms with van der Waals surface area (Å²) in [6, 6.07) is 17.8. The van der Waals surface area contributed by atoms with Gasteiger partial charge in [0, 0.05) is 127 Å². The van der Waals surface area contributed by atoms with Crippen LogP contribution in [-0.4, -0.2) is 191 Å². The van der Waals surface area contributed by atoms with Crippen molar-refractivity contribution in [2.24, 2.45) is 0 Å². The minimum atomic E-state index is -5.16. The Labute approximate surface area is 608 Å². The molecule has 11 N–H and O–H groups in total. The third-order valence-corrected chi connectivity index (χ3v) is 21.3. The van der Waals surface area contributed by atoms with Gasteiger partial charge < -0.3 is 35.8 Å². The number of rotatable bonds is 38. The van der Waals surface area contributed by atoms with Gasteiger partial charge in [-0.3, -0.25) is 37.6 Å². The SMILES string of the molecule is CC1(C)C(/C=C/C=C2/N(CCCCCC(=O)O)c3cc(S(=O)(=O)O)c4cc(-c5cc(C(=O)NCCS(=O)(=O)O)nc(C(=O)NCCS(=O)(=O)O)c5)ccc4c3C2(C)C)=[N+](CCCS(=O)(=O)[O-])c2cc(SOOO)c3cc(-c4cc(C(=O)NCCSOOO)nc(C(=O)NCCSOOO)c4)ccc3c21. The Morgan fingerprint density at radius 1 is 0.577 bits per heavy atom. The lowest BCUT2D eigenvalue weighted by molar-refractivity contribution is -0.437. The first-order valence-electron chi connectivity index (χ1n) is 31.1. The fourth-order valence-corrected chi connectivity index (χ4v) is 15.2. The molecule has 8 rings (SSSR count). The molecule has 0 radical (unpaired) electrons. The highest BCUT2D eigenvalue weighted by atomic mass is 32.2. The van der Waals surface area contributed by atoms with Crippen LogP contribution >= 0.6 is 36.1 Å². The van der Waals surface area contributed by atoms with Crippen molar-refractivity contribution < 1.29 is 129 Å². The van der Waals surface area contributed by atoms with Crippen molar-refractivity contribution in [3.05, 3.63) is 131 Å². The zero-order valence-electron chi connectivity index (χ0n) is 55.4. The lowest BCUT2D eigenvalue weighted by Gasteiger charge is -2.27. The van der Waals surface area contributed by atoms with Crippen LogP contribution in [-0.2, 0) is 84.2 Å². The summed E-state index contributed by atoms with van der Waals surface area (Å²) in [6.45, 7) is 6.38. The van der Waals surface area contributed by atoms with Crippen molar-refractivity contribution in [1.82, 2.24) is 31.2 Å². The maximum atomic E-state index is 13.8. The summed E-state index contributed by atoms with van der Waals surface area (Å²) >= 11 is 1.95. The maximum Gasteiger partial charge on any atom is 0.303 e. The monoisotopic (exact) mass is 1580 g/mol. The molecule has 4 aromatic carbocycles. The number of anilines is 1. The molecule has 6 aromatic rings. The van der Waals surface area contributed by atoms with Gasteiger partial charge in [-0.1, -0.05) is 65.7 Å². The first kappa shape index (κ1) is 82.0. The highest BCUT2D eigenvalue weighted by Gasteiger charge is 2.47. The van der Waals surface area contributed by atoms with E-state index in [1.165, 1.54) is 42.5 Å². The molecular weight excluding hydrogens is 1510 g/mol. The highest BCUT2D eigenvalue weighted by Crippen LogP contribution is 2.54. The molecule has 0 bridgehead atoms. The number of amides is 4. The number of carboxylic acids is 1. The van der Waals surface area contributed by atoms with E-state index in [4.69, 9.17) is 14.8 Å². The lowest BCUT2D eigenvalue weighted by Crippen LogP contribution is -2.32. The second-order valence-electron chi connectivity index (χ2n) is 24.2. The topological polar surface area (TPSA) is 522 Å². The minimum Gasteiger partial charge on any atom is -0.748 e. The number of benzene rings is 4. The number of carbonyl (C=O) groups is 5. The zero-order chi connectivity index (χ0) is 76.1. The highest BCUT2D eigenvalue weighted by molar-refractivity contribution is 7.95. The number of hydrogen-bond donors (Lipinski definition) is 11. The van der Waals surface area contributed by atoms with Gasteiger partial charge in [0.05, 0.1) is 44.0 Å². The van der Waals surface area contributed by atoms with Gasteiger partial charge in [-0.15, -0.1) is 13.0 Å². The molecule has 0 fully saturated rings. The van der Waals surface area contributed by atoms with E-state index in [0.717, 1.165) is 0 Å². The number of nitrogens with one attached hydrogen (secondary N) is 4. The molecule has 0 aliphatic carbocycles. The Kier molecular flexibility index (Phi) is 27.7. The molecule has 562 valence electrons. The Hall–Kier alpha value is -7.67. The van der Waals surface area contributed by atoms with Gasteiger partial charge in [-0.25, -0.2) is 34.2 Å². The third kappa shape index (κ3) is 21.1. The number of aromatic nitrogens is 2. The van der Waals surface area contributed by atoms with Crippen LogP contribution in [0.2, 0.25) is 0 Å². The Bertz CT molecular complexity index is 4770. The molecular formula is C62H70N8O27S7. The number of carboxylic acid groups (broad SMARTS) is 1. The van der Waals surface area contributed by atoms with Crippen LogP contribution in [0, 0.1) is 0 Å². The van der Waals surface area contributed by atoms with Gasteiger partial charge in [-0.05, 0) is 119 Å². The first-order chi connectivity index (χ1) is 49.0. The molecule has 0 saturated heterocycles. The predicted molar refractivity (Wildman–Crippen MR) is 377 cm³/mol. The lowest BCUT2D eigenvalue weighted by atomic mass is 9.78. The fraction of sp³-hybridized carbons (Fsp3) is 0.355. The van der Waals surface area contributed by atoms with E-state index in [1.807, 2.05) is 37.2 Å². The molecule has 0 atom stereocenters. The van der Waals surface area contributed by atoms with E-state index in [0.29, 0.717) is 110 Å². The molecule has 2 aromatic heterocycles. The molecule has 104 heavy (non-hydrogen) atoms. The van der Waals surface area contributed by atoms with Crippen LogP contribution in [0.5, 0.6) is 0 Å². The number of allylic oxidation sites excluding steroid dienone is 4. The molecule has 4 heterocycles. The van der Waals surface area contributed by atoms with Crippen LogP contribution in [0.4, 0.5) is 11.4 Å². The van der Waals surface area contributed by atoms with Crippen LogP contribution in [0.1, 0.15) is 113 Å². The summed E-state index contributed by atoms with van der Waals surface area (Å²) in [5.41, 5.74) is 0.528. The van der Waals surface area contributed by atoms with Crippen molar-refractivity contribution in [3.63, 3.8) is 0 Å². The third-order valence-electron chi connectivity index (χ3n) is 16.5. The van der Waals surface area contributed by atoms with Crippen molar-refractivity contribution in [2.75, 3.05) is 72.9 Å². The fourth-order valence-electron chi connectivity index (χ4n) is 12.1. The van der Waals surface area contributed by atoms with Crippen molar-refractivity contribution in [2.45, 2.75) is 80.4 Å². The van der Waals surface area contributed by atoms with E-state index < -0.39 is 128 Å². The Morgan fingerprint density at radius 2 is 1.07 bits per heavy atom. The molecule has 2 aliphatic heterocycles. The molecule has 2 aliphatic rings. The van der Waals surface area contributed by atoms with Gasteiger partial charge in [0.25, 0.3) is 54.0 Å². The van der Waals surface area contributed by atoms with Crippen LogP contribution in [0.25, 0.3) is 43.8 Å². The smallest absolute Gasteiger partial charge is 0.303 e. The average Bonchev–Trinajstić information content (AvgIpc) is 1.55. The largest absolute Gasteiger partial charge is 0.748 e. The van der Waals surface area contributed by atoms with E-state index in [1.54, 1.807) is 48.6 Å². The number of hydrogen-bond acceptors (Lipinski definition) is 29. The van der Waals surface area contributed by atoms with Gasteiger partial charge in [0.15, 0.2) is 5.71 Å². The standard InChI is InChI=1S/C62H70N8O27S7/c1-61(2)53(70(22-9-25-101(80,81)82)48-34-50(100-97-94-79)42-28-36(13-15-40(42)55(48)61)38-30-44(57(73)63-17-23-98-95-92-77)67-45(31-38)58(74)64-18-24-99-96-93-78)11-8-10-52-62(3,4)56-41-16-14-37(29-43(41)51(104(89,90)91)35-49(56)69(52)21-7-5-6-12-54(71)72)39-32-46(59(75)65-19-26-102(83,84)85)68-47(33-39)60(76)66-20-27-103(86,87)88/h8,10-11,13-16,28-35H,5-7,9,12,17-27H2,1-4H3,(H11-,63,64,65,66,71,72,73,74,75,76,77,78,79,80,81,82,83,84,85,86,87,88,89,90,91). The van der Waals surface area contributed by atoms with Crippen LogP contribution < -0.4 is 26.2 Å². The summed E-state index contributed by atoms with van der Waals surface area (Å²) in [4.78, 5) is 75.8. The second-order valence-corrected chi connectivity index (χ2v) is 32.6. The molecule has 42 heteroatoms. The second kappa shape index (κ2) is 35.2. The van der Waals surface area contributed by atoms with Gasteiger partial charge in [0.1, 0.15) is 34.2 Å². The number of fused-ring (bicyclic) bond motifs is 6. The van der Waals surface area contributed by atoms with E-state index in [9.17, 15) is 86.2 Å². The number of pyridine rings is 2. The summed E-state index contributed by atoms with van der Waals surface area (Å²) in [5.74, 6) is -6.85. The van der Waals surface area contributed by atoms with Crippen LogP contribution in [0.3, 0.4) is 0 Å². The quantitative estimate of drug-likeness (QED) is 0.00473. The minimum absolute atomic E-state index is 0.00394. The summed E-state index contributed by atoms with van der Waals surface area (Å²) < 4.78 is 155. The van der Waals surface area contributed by atoms with Crippen molar-refractivity contribution in [1.29, 1.82) is 0 Å². The average molecular weight is 1580 g/mol. The van der Waals surface area contributed by atoms with Crippen molar-refractivity contribution in [3.8, 4) is 22.3 Å². The van der Waals surface area contributed by atoms with Gasteiger partial charge in [-0.2, -0.15) is 29.8 Å². The van der Waals surface area contributed by atoms with Gasteiger partial charge >= 0.3 is 5.97 Å². The number of aliphatic carboxylic acids is 1. The zero-order valence-corrected chi connectivity index (χ0v) is 61.1. The summed E-state index contributed by atoms with van der Waals surface area (Å²) in [6.07, 6.45) is 5.99. The van der Waals surface area contributed by atoms with Crippen molar-refractivity contribution >= 4 is 145 Å². The van der Waals surface area contributed by atoms with E-state index >= 15 is 0 Å². The van der Waals surface area contributed by atoms with E-state index in [-0.39, 0.29) is 90.2 Å². The summed E-state index contributed by atoms with van der Waals surface area (Å²) in [5, 5.41) is 58.4. The molecule has 0 unspecified atom stereocenters. The van der Waals surface area contributed by atoms with E-state index in [2.05, 4.69) is 55.0 Å². The van der Waals surface area contributed by atoms with Crippen LogP contribution in [0.15, 0.2) is 107 Å². The molecule has 35 nitrogen and oxygen atoms in total. The Morgan fingerprint density at radius 3 is 1.54 bits per heavy atom. The maximum absolute atomic E-state index is 13.8.